The molecule has 3 heterocycles. The largest absolute Gasteiger partial charge is 0.496 e. The van der Waals surface area contributed by atoms with Crippen molar-refractivity contribution in [3.05, 3.63) is 42.3 Å². The molecule has 0 amide bonds. The van der Waals surface area contributed by atoms with E-state index in [1.807, 2.05) is 37.3 Å². The predicted molar refractivity (Wildman–Crippen MR) is 125 cm³/mol. The quantitative estimate of drug-likeness (QED) is 0.347. The molecule has 2 saturated carbocycles. The van der Waals surface area contributed by atoms with Gasteiger partial charge in [0.1, 0.15) is 22.5 Å². The highest BCUT2D eigenvalue weighted by Crippen LogP contribution is 2.61. The smallest absolute Gasteiger partial charge is 0.225 e. The van der Waals surface area contributed by atoms with Crippen molar-refractivity contribution in [3.63, 3.8) is 0 Å². The monoisotopic (exact) mass is 467 g/mol. The van der Waals surface area contributed by atoms with Gasteiger partial charge in [0.15, 0.2) is 5.72 Å². The Bertz CT molecular complexity index is 1220. The number of anilines is 2. The van der Waals surface area contributed by atoms with Gasteiger partial charge in [0.05, 0.1) is 40.4 Å². The molecule has 3 aromatic rings. The van der Waals surface area contributed by atoms with Crippen LogP contribution < -0.4 is 10.6 Å². The highest BCUT2D eigenvalue weighted by atomic mass is 32.1. The number of hydrogen-bond acceptors (Lipinski definition) is 10. The van der Waals surface area contributed by atoms with Crippen LogP contribution in [0.5, 0.6) is 0 Å². The summed E-state index contributed by atoms with van der Waals surface area (Å²) in [7, 11) is 0. The molecule has 0 spiro atoms. The van der Waals surface area contributed by atoms with Gasteiger partial charge in [-0.1, -0.05) is 12.1 Å². The average Bonchev–Trinajstić information content (AvgIpc) is 3.28. The van der Waals surface area contributed by atoms with E-state index in [9.17, 15) is 15.3 Å². The summed E-state index contributed by atoms with van der Waals surface area (Å²) in [5, 5.41) is 39.4. The minimum atomic E-state index is -1.70. The van der Waals surface area contributed by atoms with Gasteiger partial charge in [0.25, 0.3) is 0 Å². The lowest BCUT2D eigenvalue weighted by atomic mass is 10.0. The van der Waals surface area contributed by atoms with E-state index < -0.39 is 17.4 Å². The van der Waals surface area contributed by atoms with Gasteiger partial charge in [-0.25, -0.2) is 9.97 Å². The normalized spacial score (nSPS) is 32.1. The fraction of sp³-hybridized carbons (Fsp3) is 0.435. The third-order valence-corrected chi connectivity index (χ3v) is 8.00. The summed E-state index contributed by atoms with van der Waals surface area (Å²) >= 11 is 1.51. The predicted octanol–water partition coefficient (Wildman–Crippen LogP) is 2.39. The number of benzene rings is 1. The van der Waals surface area contributed by atoms with Crippen molar-refractivity contribution in [1.82, 2.24) is 15.0 Å². The zero-order valence-corrected chi connectivity index (χ0v) is 18.8. The van der Waals surface area contributed by atoms with Crippen LogP contribution >= 0.6 is 11.3 Å². The summed E-state index contributed by atoms with van der Waals surface area (Å²) in [6.07, 6.45) is 4.35. The number of aliphatic hydroxyl groups is 3. The molecule has 9 nitrogen and oxygen atoms in total. The number of fused-ring (bicyclic) bond motifs is 2. The maximum absolute atomic E-state index is 11.3. The van der Waals surface area contributed by atoms with Crippen LogP contribution in [0.25, 0.3) is 20.8 Å². The fourth-order valence-corrected chi connectivity index (χ4v) is 6.08. The third kappa shape index (κ3) is 3.20. The molecule has 172 valence electrons. The van der Waals surface area contributed by atoms with E-state index in [-0.39, 0.29) is 12.0 Å². The molecule has 10 heteroatoms. The molecular weight excluding hydrogens is 442 g/mol. The maximum atomic E-state index is 11.3. The van der Waals surface area contributed by atoms with Crippen LogP contribution in [-0.2, 0) is 4.74 Å². The first-order valence-corrected chi connectivity index (χ1v) is 11.9. The van der Waals surface area contributed by atoms with Gasteiger partial charge in [0.2, 0.25) is 5.95 Å². The Kier molecular flexibility index (Phi) is 4.64. The van der Waals surface area contributed by atoms with E-state index in [2.05, 4.69) is 20.6 Å². The lowest BCUT2D eigenvalue weighted by Gasteiger charge is -2.33. The molecule has 1 aliphatic heterocycles. The van der Waals surface area contributed by atoms with Gasteiger partial charge in [-0.15, -0.1) is 11.3 Å². The zero-order chi connectivity index (χ0) is 22.8. The second-order valence-corrected chi connectivity index (χ2v) is 10.0. The Labute approximate surface area is 194 Å². The van der Waals surface area contributed by atoms with E-state index in [4.69, 9.17) is 9.72 Å². The lowest BCUT2D eigenvalue weighted by Crippen LogP contribution is -2.51. The van der Waals surface area contributed by atoms with Gasteiger partial charge in [0, 0.05) is 12.3 Å². The zero-order valence-electron chi connectivity index (χ0n) is 18.0. The highest BCUT2D eigenvalue weighted by molar-refractivity contribution is 7.21. The highest BCUT2D eigenvalue weighted by Gasteiger charge is 2.78. The maximum Gasteiger partial charge on any atom is 0.225 e. The van der Waals surface area contributed by atoms with Crippen LogP contribution in [0.4, 0.5) is 11.8 Å². The SMILES string of the molecule is Cc1nc(NCC2CC=CO2)nc(NC2(O)CCC3C(O)C32O)c1-c1nc2ccccc2s1. The second kappa shape index (κ2) is 7.36. The first kappa shape index (κ1) is 20.8. The number of ether oxygens (including phenoxy) is 1. The molecule has 0 bridgehead atoms. The van der Waals surface area contributed by atoms with Crippen LogP contribution in [0.3, 0.4) is 0 Å². The Morgan fingerprint density at radius 3 is 2.79 bits per heavy atom. The number of aromatic nitrogens is 3. The number of nitrogens with one attached hydrogen (secondary N) is 2. The molecule has 33 heavy (non-hydrogen) atoms. The van der Waals surface area contributed by atoms with Crippen molar-refractivity contribution >= 4 is 33.3 Å². The molecule has 6 rings (SSSR count). The van der Waals surface area contributed by atoms with E-state index in [1.165, 1.54) is 11.3 Å². The van der Waals surface area contributed by atoms with Gasteiger partial charge in [-0.2, -0.15) is 4.98 Å². The van der Waals surface area contributed by atoms with Crippen LogP contribution in [-0.4, -0.2) is 60.4 Å². The number of aryl methyl sites for hydroxylation is 1. The number of thiazole rings is 1. The topological polar surface area (TPSA) is 133 Å². The van der Waals surface area contributed by atoms with Gasteiger partial charge >= 0.3 is 0 Å². The summed E-state index contributed by atoms with van der Waals surface area (Å²) in [5.41, 5.74) is -1.07. The molecule has 2 aliphatic carbocycles. The van der Waals surface area contributed by atoms with Crippen molar-refractivity contribution in [2.24, 2.45) is 5.92 Å². The fourth-order valence-electron chi connectivity index (χ4n) is 5.02. The molecular formula is C23H25N5O4S. The molecule has 2 aromatic heterocycles. The van der Waals surface area contributed by atoms with Crippen LogP contribution in [0, 0.1) is 12.8 Å². The van der Waals surface area contributed by atoms with Crippen molar-refractivity contribution in [1.29, 1.82) is 0 Å². The van der Waals surface area contributed by atoms with Gasteiger partial charge < -0.3 is 30.7 Å². The van der Waals surface area contributed by atoms with E-state index in [0.717, 1.165) is 16.6 Å². The van der Waals surface area contributed by atoms with E-state index in [0.29, 0.717) is 47.4 Å². The Hall–Kier alpha value is -2.79. The van der Waals surface area contributed by atoms with E-state index in [1.54, 1.807) is 6.26 Å². The first-order chi connectivity index (χ1) is 15.9. The summed E-state index contributed by atoms with van der Waals surface area (Å²) in [6.45, 7) is 2.40. The molecule has 5 atom stereocenters. The minimum absolute atomic E-state index is 0.0105. The van der Waals surface area contributed by atoms with E-state index >= 15 is 0 Å². The molecule has 1 aromatic carbocycles. The molecule has 5 N–H and O–H groups in total. The summed E-state index contributed by atoms with van der Waals surface area (Å²) in [6, 6.07) is 7.85. The molecule has 2 fully saturated rings. The minimum Gasteiger partial charge on any atom is -0.496 e. The van der Waals surface area contributed by atoms with Crippen molar-refractivity contribution in [2.45, 2.75) is 49.7 Å². The first-order valence-electron chi connectivity index (χ1n) is 11.1. The Balaban J connectivity index is 1.39. The van der Waals surface area contributed by atoms with Crippen LogP contribution in [0.2, 0.25) is 0 Å². The van der Waals surface area contributed by atoms with Crippen molar-refractivity contribution in [2.75, 3.05) is 17.2 Å². The number of aliphatic hydroxyl groups excluding tert-OH is 1. The Morgan fingerprint density at radius 1 is 1.21 bits per heavy atom. The van der Waals surface area contributed by atoms with Gasteiger partial charge in [-0.05, 0) is 38.0 Å². The van der Waals surface area contributed by atoms with Crippen LogP contribution in [0.15, 0.2) is 36.6 Å². The summed E-state index contributed by atoms with van der Waals surface area (Å²) in [4.78, 5) is 14.1. The number of nitrogens with zero attached hydrogens (tertiary/aromatic N) is 3. The molecule has 0 radical (unpaired) electrons. The standard InChI is InChI=1S/C23H25N5O4S/c1-12-17(20-26-15-6-2-3-7-16(15)33-20)19(27-21(25-12)24-11-13-5-4-10-32-13)28-22(30)9-8-14-18(29)23(14,22)31/h2-4,6-7,10,13-14,18,29-31H,5,8-9,11H2,1H3,(H2,24,25,27,28). The number of para-hydroxylation sites is 1. The van der Waals surface area contributed by atoms with Crippen molar-refractivity contribution in [3.8, 4) is 10.6 Å². The summed E-state index contributed by atoms with van der Waals surface area (Å²) < 4.78 is 6.54. The molecule has 0 saturated heterocycles. The Morgan fingerprint density at radius 2 is 2.06 bits per heavy atom. The lowest BCUT2D eigenvalue weighted by molar-refractivity contribution is -0.0851. The van der Waals surface area contributed by atoms with Crippen molar-refractivity contribution < 1.29 is 20.1 Å². The van der Waals surface area contributed by atoms with Crippen LogP contribution in [0.1, 0.15) is 25.0 Å². The number of rotatable bonds is 6. The average molecular weight is 468 g/mol. The second-order valence-electron chi connectivity index (χ2n) is 8.99. The van der Waals surface area contributed by atoms with Gasteiger partial charge in [-0.3, -0.25) is 0 Å². The third-order valence-electron chi connectivity index (χ3n) is 6.94. The molecule has 3 aliphatic rings. The molecule has 5 unspecified atom stereocenters. The summed E-state index contributed by atoms with van der Waals surface area (Å²) in [5.74, 6) is 0.412. The number of hydrogen-bond donors (Lipinski definition) is 5.